The van der Waals surface area contributed by atoms with Gasteiger partial charge in [-0.2, -0.15) is 0 Å². The van der Waals surface area contributed by atoms with Gasteiger partial charge in [-0.3, -0.25) is 9.59 Å². The molecule has 0 bridgehead atoms. The molecule has 2 aliphatic carbocycles. The summed E-state index contributed by atoms with van der Waals surface area (Å²) >= 11 is 0. The first-order valence-corrected chi connectivity index (χ1v) is 11.5. The molecular formula is C26H30N2O3. The maximum Gasteiger partial charge on any atom is 0.251 e. The number of likely N-dealkylation sites (tertiary alicyclic amines) is 1. The zero-order valence-electron chi connectivity index (χ0n) is 17.9. The Balaban J connectivity index is 1.18. The third-order valence-electron chi connectivity index (χ3n) is 6.79. The number of piperidine rings is 1. The van der Waals surface area contributed by atoms with Crippen LogP contribution in [-0.4, -0.2) is 42.5 Å². The van der Waals surface area contributed by atoms with Gasteiger partial charge in [0.2, 0.25) is 5.91 Å². The van der Waals surface area contributed by atoms with E-state index in [-0.39, 0.29) is 17.2 Å². The zero-order valence-corrected chi connectivity index (χ0v) is 17.9. The molecule has 1 aliphatic heterocycles. The molecule has 1 atom stereocenters. The number of ether oxygens (including phenoxy) is 1. The van der Waals surface area contributed by atoms with E-state index in [0.717, 1.165) is 62.9 Å². The van der Waals surface area contributed by atoms with Gasteiger partial charge in [0.25, 0.3) is 5.91 Å². The van der Waals surface area contributed by atoms with Crippen LogP contribution in [0.2, 0.25) is 0 Å². The number of hydrogen-bond donors (Lipinski definition) is 1. The summed E-state index contributed by atoms with van der Waals surface area (Å²) < 4.78 is 6.05. The van der Waals surface area contributed by atoms with Gasteiger partial charge in [-0.15, -0.1) is 0 Å². The molecule has 3 fully saturated rings. The van der Waals surface area contributed by atoms with Gasteiger partial charge in [0.15, 0.2) is 0 Å². The van der Waals surface area contributed by atoms with Crippen molar-refractivity contribution < 1.29 is 14.3 Å². The van der Waals surface area contributed by atoms with Crippen molar-refractivity contribution in [3.8, 4) is 5.75 Å². The second-order valence-electron chi connectivity index (χ2n) is 9.29. The molecule has 5 nitrogen and oxygen atoms in total. The largest absolute Gasteiger partial charge is 0.493 e. The highest BCUT2D eigenvalue weighted by atomic mass is 16.5. The van der Waals surface area contributed by atoms with E-state index in [1.807, 2.05) is 42.5 Å². The van der Waals surface area contributed by atoms with Crippen molar-refractivity contribution in [2.75, 3.05) is 19.7 Å². The second-order valence-corrected chi connectivity index (χ2v) is 9.29. The topological polar surface area (TPSA) is 58.6 Å². The summed E-state index contributed by atoms with van der Waals surface area (Å²) in [6.07, 6.45) is 6.11. The van der Waals surface area contributed by atoms with Gasteiger partial charge in [0.1, 0.15) is 5.75 Å². The highest BCUT2D eigenvalue weighted by Gasteiger charge is 2.53. The van der Waals surface area contributed by atoms with E-state index in [1.165, 1.54) is 0 Å². The molecule has 0 radical (unpaired) electrons. The van der Waals surface area contributed by atoms with Gasteiger partial charge in [-0.1, -0.05) is 36.4 Å². The fraction of sp³-hybridized carbons (Fsp3) is 0.462. The molecule has 0 aromatic heterocycles. The van der Waals surface area contributed by atoms with Crippen LogP contribution in [0.4, 0.5) is 0 Å². The van der Waals surface area contributed by atoms with E-state index in [2.05, 4.69) is 22.3 Å². The van der Waals surface area contributed by atoms with Crippen molar-refractivity contribution in [3.63, 3.8) is 0 Å². The molecule has 3 aliphatic rings. The van der Waals surface area contributed by atoms with Crippen LogP contribution in [0.5, 0.6) is 5.75 Å². The van der Waals surface area contributed by atoms with Crippen LogP contribution in [0.25, 0.3) is 0 Å². The first-order chi connectivity index (χ1) is 15.1. The lowest BCUT2D eigenvalue weighted by molar-refractivity contribution is -0.136. The van der Waals surface area contributed by atoms with Crippen molar-refractivity contribution in [1.82, 2.24) is 10.2 Å². The number of hydrogen-bond acceptors (Lipinski definition) is 3. The minimum Gasteiger partial charge on any atom is -0.493 e. The standard InChI is InChI=1S/C26H30N2O3/c29-24(27-22-11-12-22)20-7-4-10-23(16-20)31-18-19-6-5-15-28(17-19)25(30)26(13-14-26)21-8-2-1-3-9-21/h1-4,7-10,16,19,22H,5-6,11-15,17-18H2,(H,27,29)/t19-/m0/s1. The average molecular weight is 419 g/mol. The van der Waals surface area contributed by atoms with Gasteiger partial charge in [0, 0.05) is 30.6 Å². The van der Waals surface area contributed by atoms with E-state index in [0.29, 0.717) is 24.1 Å². The molecule has 0 unspecified atom stereocenters. The zero-order chi connectivity index (χ0) is 21.3. The Morgan fingerprint density at radius 1 is 1.03 bits per heavy atom. The predicted molar refractivity (Wildman–Crippen MR) is 119 cm³/mol. The Morgan fingerprint density at radius 3 is 2.58 bits per heavy atom. The van der Waals surface area contributed by atoms with Gasteiger partial charge >= 0.3 is 0 Å². The van der Waals surface area contributed by atoms with E-state index in [4.69, 9.17) is 4.74 Å². The Bertz CT molecular complexity index is 950. The number of rotatable bonds is 7. The average Bonchev–Trinajstić information content (AvgIpc) is 3.74. The monoisotopic (exact) mass is 418 g/mol. The molecule has 162 valence electrons. The molecule has 2 saturated carbocycles. The van der Waals surface area contributed by atoms with Gasteiger partial charge in [0.05, 0.1) is 12.0 Å². The summed E-state index contributed by atoms with van der Waals surface area (Å²) in [5.74, 6) is 1.28. The molecule has 5 rings (SSSR count). The number of carbonyl (C=O) groups is 2. The maximum atomic E-state index is 13.4. The number of amides is 2. The van der Waals surface area contributed by atoms with Crippen LogP contribution in [0.1, 0.15) is 54.4 Å². The molecule has 5 heteroatoms. The van der Waals surface area contributed by atoms with Crippen LogP contribution < -0.4 is 10.1 Å². The lowest BCUT2D eigenvalue weighted by atomic mass is 9.91. The minimum absolute atomic E-state index is 0.0296. The molecule has 2 amide bonds. The third-order valence-corrected chi connectivity index (χ3v) is 6.79. The smallest absolute Gasteiger partial charge is 0.251 e. The highest BCUT2D eigenvalue weighted by Crippen LogP contribution is 2.50. The number of nitrogens with zero attached hydrogens (tertiary/aromatic N) is 1. The first-order valence-electron chi connectivity index (χ1n) is 11.5. The Morgan fingerprint density at radius 2 is 1.84 bits per heavy atom. The van der Waals surface area contributed by atoms with Gasteiger partial charge in [-0.05, 0) is 62.3 Å². The molecular weight excluding hydrogens is 388 g/mol. The van der Waals surface area contributed by atoms with Crippen LogP contribution >= 0.6 is 0 Å². The van der Waals surface area contributed by atoms with Crippen molar-refractivity contribution in [2.45, 2.75) is 50.0 Å². The molecule has 0 spiro atoms. The van der Waals surface area contributed by atoms with E-state index >= 15 is 0 Å². The van der Waals surface area contributed by atoms with Crippen LogP contribution in [0.3, 0.4) is 0 Å². The van der Waals surface area contributed by atoms with E-state index < -0.39 is 0 Å². The molecule has 2 aromatic carbocycles. The fourth-order valence-electron chi connectivity index (χ4n) is 4.63. The summed E-state index contributed by atoms with van der Waals surface area (Å²) in [6, 6.07) is 18.0. The number of nitrogens with one attached hydrogen (secondary N) is 1. The summed E-state index contributed by atoms with van der Waals surface area (Å²) in [6.45, 7) is 2.14. The van der Waals surface area contributed by atoms with Gasteiger partial charge in [-0.25, -0.2) is 0 Å². The quantitative estimate of drug-likeness (QED) is 0.741. The number of carbonyl (C=O) groups excluding carboxylic acids is 2. The van der Waals surface area contributed by atoms with Crippen LogP contribution in [-0.2, 0) is 10.2 Å². The van der Waals surface area contributed by atoms with Crippen molar-refractivity contribution in [3.05, 3.63) is 65.7 Å². The molecule has 2 aromatic rings. The normalized spacial score (nSPS) is 21.9. The predicted octanol–water partition coefficient (Wildman–Crippen LogP) is 3.93. The lowest BCUT2D eigenvalue weighted by Crippen LogP contribution is -2.46. The first kappa shape index (κ1) is 20.1. The Kier molecular flexibility index (Phi) is 5.43. The molecule has 1 saturated heterocycles. The van der Waals surface area contributed by atoms with Crippen molar-refractivity contribution in [2.24, 2.45) is 5.92 Å². The van der Waals surface area contributed by atoms with Crippen molar-refractivity contribution in [1.29, 1.82) is 0 Å². The summed E-state index contributed by atoms with van der Waals surface area (Å²) in [5, 5.41) is 3.02. The van der Waals surface area contributed by atoms with E-state index in [9.17, 15) is 9.59 Å². The molecule has 1 N–H and O–H groups in total. The van der Waals surface area contributed by atoms with Gasteiger partial charge < -0.3 is 15.0 Å². The lowest BCUT2D eigenvalue weighted by Gasteiger charge is -2.35. The SMILES string of the molecule is O=C(NC1CC1)c1cccc(OC[C@H]2CCCN(C(=O)C3(c4ccccc4)CC3)C2)c1. The molecule has 1 heterocycles. The molecule has 31 heavy (non-hydrogen) atoms. The number of benzene rings is 2. The second kappa shape index (κ2) is 8.37. The Hall–Kier alpha value is -2.82. The minimum atomic E-state index is -0.298. The summed E-state index contributed by atoms with van der Waals surface area (Å²) in [5.41, 5.74) is 1.50. The van der Waals surface area contributed by atoms with Crippen molar-refractivity contribution >= 4 is 11.8 Å². The summed E-state index contributed by atoms with van der Waals surface area (Å²) in [7, 11) is 0. The Labute approximate surface area is 183 Å². The third kappa shape index (κ3) is 4.46. The fourth-order valence-corrected chi connectivity index (χ4v) is 4.63. The summed E-state index contributed by atoms with van der Waals surface area (Å²) in [4.78, 5) is 27.7. The van der Waals surface area contributed by atoms with Crippen LogP contribution in [0, 0.1) is 5.92 Å². The highest BCUT2D eigenvalue weighted by molar-refractivity contribution is 5.95. The van der Waals surface area contributed by atoms with Crippen LogP contribution in [0.15, 0.2) is 54.6 Å². The van der Waals surface area contributed by atoms with E-state index in [1.54, 1.807) is 0 Å². The maximum absolute atomic E-state index is 13.4.